The average Bonchev–Trinajstić information content (AvgIpc) is 3.21. The van der Waals surface area contributed by atoms with E-state index >= 15 is 0 Å². The van der Waals surface area contributed by atoms with E-state index in [1.165, 1.54) is 7.11 Å². The van der Waals surface area contributed by atoms with Crippen LogP contribution < -0.4 is 5.32 Å². The van der Waals surface area contributed by atoms with Crippen LogP contribution in [0.1, 0.15) is 23.2 Å². The number of hydrogen-bond acceptors (Lipinski definition) is 6. The molecule has 1 aliphatic heterocycles. The third-order valence-electron chi connectivity index (χ3n) is 3.69. The number of ether oxygens (including phenoxy) is 2. The zero-order valence-electron chi connectivity index (χ0n) is 12.7. The van der Waals surface area contributed by atoms with E-state index in [2.05, 4.69) is 10.5 Å². The third-order valence-corrected chi connectivity index (χ3v) is 3.93. The summed E-state index contributed by atoms with van der Waals surface area (Å²) >= 11 is 6.01. The molecule has 6 nitrogen and oxygen atoms in total. The number of esters is 1. The topological polar surface area (TPSA) is 73.6 Å². The molecule has 1 fully saturated rings. The number of anilines is 1. The van der Waals surface area contributed by atoms with Gasteiger partial charge in [0.05, 0.1) is 13.2 Å². The molecule has 7 heteroatoms. The molecular weight excluding hydrogens is 320 g/mol. The highest BCUT2D eigenvalue weighted by atomic mass is 35.5. The molecule has 0 saturated carbocycles. The van der Waals surface area contributed by atoms with Gasteiger partial charge < -0.3 is 19.3 Å². The summed E-state index contributed by atoms with van der Waals surface area (Å²) in [5, 5.41) is 7.64. The minimum Gasteiger partial charge on any atom is -0.465 e. The summed E-state index contributed by atoms with van der Waals surface area (Å²) in [7, 11) is 1.32. The van der Waals surface area contributed by atoms with E-state index in [9.17, 15) is 4.79 Å². The molecule has 122 valence electrons. The summed E-state index contributed by atoms with van der Waals surface area (Å²) in [5.74, 6) is -0.238. The molecular formula is C16H17ClN2O4. The highest BCUT2D eigenvalue weighted by Crippen LogP contribution is 2.31. The Hall–Kier alpha value is -2.05. The molecule has 1 aromatic carbocycles. The number of halogens is 1. The van der Waals surface area contributed by atoms with Crippen LogP contribution in [0.4, 0.5) is 5.88 Å². The first kappa shape index (κ1) is 15.8. The Morgan fingerprint density at radius 3 is 3.09 bits per heavy atom. The molecule has 1 aliphatic rings. The van der Waals surface area contributed by atoms with Crippen LogP contribution in [0.2, 0.25) is 5.02 Å². The molecule has 2 heterocycles. The number of nitrogens with one attached hydrogen (secondary N) is 1. The number of carbonyl (C=O) groups is 1. The fraction of sp³-hybridized carbons (Fsp3) is 0.375. The summed E-state index contributed by atoms with van der Waals surface area (Å²) < 4.78 is 15.7. The maximum atomic E-state index is 12.1. The standard InChI is InChI=1S/C16H17ClN2O4/c1-21-16(20)13-14(10-4-2-5-11(17)8-10)19-23-15(13)18-9-12-6-3-7-22-12/h2,4-5,8,12,18H,3,6-7,9H2,1H3/t12-/m0/s1. The Morgan fingerprint density at radius 2 is 2.39 bits per heavy atom. The van der Waals surface area contributed by atoms with Crippen LogP contribution in [0.3, 0.4) is 0 Å². The smallest absolute Gasteiger partial charge is 0.345 e. The lowest BCUT2D eigenvalue weighted by molar-refractivity contribution is 0.0601. The van der Waals surface area contributed by atoms with E-state index in [0.717, 1.165) is 19.4 Å². The number of benzene rings is 1. The molecule has 0 unspecified atom stereocenters. The normalized spacial score (nSPS) is 17.2. The fourth-order valence-corrected chi connectivity index (χ4v) is 2.74. The van der Waals surface area contributed by atoms with Crippen molar-refractivity contribution in [3.05, 3.63) is 34.9 Å². The van der Waals surface area contributed by atoms with Gasteiger partial charge in [-0.2, -0.15) is 0 Å². The van der Waals surface area contributed by atoms with Crippen LogP contribution in [0, 0.1) is 0 Å². The predicted octanol–water partition coefficient (Wildman–Crippen LogP) is 3.37. The van der Waals surface area contributed by atoms with Crippen LogP contribution in [0.25, 0.3) is 11.3 Å². The van der Waals surface area contributed by atoms with Gasteiger partial charge in [0.15, 0.2) is 5.56 Å². The van der Waals surface area contributed by atoms with Crippen LogP contribution in [-0.4, -0.2) is 37.5 Å². The van der Waals surface area contributed by atoms with Crippen molar-refractivity contribution in [3.8, 4) is 11.3 Å². The van der Waals surface area contributed by atoms with Gasteiger partial charge in [-0.05, 0) is 25.0 Å². The largest absolute Gasteiger partial charge is 0.465 e. The molecule has 1 aromatic heterocycles. The van der Waals surface area contributed by atoms with Gasteiger partial charge >= 0.3 is 5.97 Å². The molecule has 1 atom stereocenters. The summed E-state index contributed by atoms with van der Waals surface area (Å²) in [6.45, 7) is 1.31. The highest BCUT2D eigenvalue weighted by Gasteiger charge is 2.26. The molecule has 3 rings (SSSR count). The minimum atomic E-state index is -0.518. The lowest BCUT2D eigenvalue weighted by Gasteiger charge is -2.10. The molecule has 0 spiro atoms. The SMILES string of the molecule is COC(=O)c1c(-c2cccc(Cl)c2)noc1NC[C@@H]1CCCO1. The highest BCUT2D eigenvalue weighted by molar-refractivity contribution is 6.30. The first-order valence-electron chi connectivity index (χ1n) is 7.38. The van der Waals surface area contributed by atoms with E-state index in [0.29, 0.717) is 22.8 Å². The van der Waals surface area contributed by atoms with Crippen molar-refractivity contribution < 1.29 is 18.8 Å². The lowest BCUT2D eigenvalue weighted by Crippen LogP contribution is -2.19. The van der Waals surface area contributed by atoms with Crippen molar-refractivity contribution in [1.29, 1.82) is 0 Å². The molecule has 0 bridgehead atoms. The van der Waals surface area contributed by atoms with Gasteiger partial charge in [-0.3, -0.25) is 0 Å². The van der Waals surface area contributed by atoms with Gasteiger partial charge in [0, 0.05) is 23.7 Å². The number of aromatic nitrogens is 1. The van der Waals surface area contributed by atoms with Crippen LogP contribution in [0.5, 0.6) is 0 Å². The third kappa shape index (κ3) is 3.48. The number of methoxy groups -OCH3 is 1. The Morgan fingerprint density at radius 1 is 1.52 bits per heavy atom. The molecule has 1 N–H and O–H groups in total. The summed E-state index contributed by atoms with van der Waals surface area (Å²) in [6.07, 6.45) is 2.14. The van der Waals surface area contributed by atoms with Crippen molar-refractivity contribution in [2.24, 2.45) is 0 Å². The molecule has 0 aliphatic carbocycles. The van der Waals surface area contributed by atoms with E-state index < -0.39 is 5.97 Å². The molecule has 0 amide bonds. The maximum absolute atomic E-state index is 12.1. The second kappa shape index (κ2) is 7.02. The van der Waals surface area contributed by atoms with Gasteiger partial charge in [-0.1, -0.05) is 28.9 Å². The monoisotopic (exact) mass is 336 g/mol. The Balaban J connectivity index is 1.89. The van der Waals surface area contributed by atoms with Crippen molar-refractivity contribution in [3.63, 3.8) is 0 Å². The second-order valence-electron chi connectivity index (χ2n) is 5.25. The molecule has 23 heavy (non-hydrogen) atoms. The quantitative estimate of drug-likeness (QED) is 0.844. The van der Waals surface area contributed by atoms with Crippen molar-refractivity contribution in [1.82, 2.24) is 5.16 Å². The summed E-state index contributed by atoms with van der Waals surface area (Å²) in [4.78, 5) is 12.1. The van der Waals surface area contributed by atoms with E-state index in [-0.39, 0.29) is 17.6 Å². The van der Waals surface area contributed by atoms with Gasteiger partial charge in [0.1, 0.15) is 5.69 Å². The zero-order chi connectivity index (χ0) is 16.2. The molecule has 2 aromatic rings. The Kier molecular flexibility index (Phi) is 4.83. The zero-order valence-corrected chi connectivity index (χ0v) is 13.4. The predicted molar refractivity (Wildman–Crippen MR) is 85.8 cm³/mol. The van der Waals surface area contributed by atoms with Crippen LogP contribution >= 0.6 is 11.6 Å². The number of rotatable bonds is 5. The van der Waals surface area contributed by atoms with E-state index in [1.54, 1.807) is 24.3 Å². The minimum absolute atomic E-state index is 0.111. The summed E-state index contributed by atoms with van der Waals surface area (Å²) in [5.41, 5.74) is 1.34. The van der Waals surface area contributed by atoms with Crippen molar-refractivity contribution in [2.45, 2.75) is 18.9 Å². The van der Waals surface area contributed by atoms with E-state index in [1.807, 2.05) is 0 Å². The summed E-state index contributed by atoms with van der Waals surface area (Å²) in [6, 6.07) is 7.06. The van der Waals surface area contributed by atoms with Gasteiger partial charge in [0.25, 0.3) is 0 Å². The first-order chi connectivity index (χ1) is 11.2. The van der Waals surface area contributed by atoms with Crippen LogP contribution in [-0.2, 0) is 9.47 Å². The van der Waals surface area contributed by atoms with Gasteiger partial charge in [0.2, 0.25) is 5.88 Å². The number of carbonyl (C=O) groups excluding carboxylic acids is 1. The van der Waals surface area contributed by atoms with Crippen LogP contribution in [0.15, 0.2) is 28.8 Å². The molecule has 0 radical (unpaired) electrons. The average molecular weight is 337 g/mol. The second-order valence-corrected chi connectivity index (χ2v) is 5.69. The van der Waals surface area contributed by atoms with Crippen molar-refractivity contribution >= 4 is 23.5 Å². The number of nitrogens with zero attached hydrogens (tertiary/aromatic N) is 1. The Bertz CT molecular complexity index is 695. The first-order valence-corrected chi connectivity index (χ1v) is 7.76. The number of hydrogen-bond donors (Lipinski definition) is 1. The molecule has 1 saturated heterocycles. The fourth-order valence-electron chi connectivity index (χ4n) is 2.55. The van der Waals surface area contributed by atoms with E-state index in [4.69, 9.17) is 25.6 Å². The van der Waals surface area contributed by atoms with Crippen molar-refractivity contribution in [2.75, 3.05) is 25.6 Å². The Labute approximate surface area is 138 Å². The van der Waals surface area contributed by atoms with Gasteiger partial charge in [-0.25, -0.2) is 4.79 Å². The lowest BCUT2D eigenvalue weighted by atomic mass is 10.1. The maximum Gasteiger partial charge on any atom is 0.345 e. The van der Waals surface area contributed by atoms with Gasteiger partial charge in [-0.15, -0.1) is 0 Å².